The fraction of sp³-hybridized carbons (Fsp3) is 0.250. The zero-order chi connectivity index (χ0) is 15.2. The first kappa shape index (κ1) is 13.4. The van der Waals surface area contributed by atoms with Crippen LogP contribution in [0.3, 0.4) is 0 Å². The first-order valence-corrected chi connectivity index (χ1v) is 7.82. The molecule has 110 valence electrons. The van der Waals surface area contributed by atoms with E-state index in [2.05, 4.69) is 18.2 Å². The van der Waals surface area contributed by atoms with Crippen molar-refractivity contribution in [2.45, 2.75) is 31.1 Å². The van der Waals surface area contributed by atoms with Crippen LogP contribution in [0.15, 0.2) is 54.1 Å². The molecular formula is C20H17FO. The summed E-state index contributed by atoms with van der Waals surface area (Å²) in [6.07, 6.45) is 5.40. The van der Waals surface area contributed by atoms with Crippen LogP contribution in [0.4, 0.5) is 4.39 Å². The molecule has 0 heterocycles. The second-order valence-electron chi connectivity index (χ2n) is 6.25. The first-order chi connectivity index (χ1) is 10.8. The molecule has 2 aromatic carbocycles. The largest absolute Gasteiger partial charge is 0.298 e. The highest BCUT2D eigenvalue weighted by atomic mass is 19.1. The van der Waals surface area contributed by atoms with Gasteiger partial charge in [0.1, 0.15) is 12.1 Å². The van der Waals surface area contributed by atoms with Crippen LogP contribution in [0.5, 0.6) is 0 Å². The highest BCUT2D eigenvalue weighted by Crippen LogP contribution is 2.55. The maximum absolute atomic E-state index is 13.3. The number of hydrogen-bond donors (Lipinski definition) is 0. The Bertz CT molecular complexity index is 765. The van der Waals surface area contributed by atoms with Gasteiger partial charge in [-0.05, 0) is 47.2 Å². The quantitative estimate of drug-likeness (QED) is 0.736. The maximum atomic E-state index is 13.3. The minimum Gasteiger partial charge on any atom is -0.298 e. The summed E-state index contributed by atoms with van der Waals surface area (Å²) in [7, 11) is 0. The molecule has 0 N–H and O–H groups in total. The second kappa shape index (κ2) is 4.91. The van der Waals surface area contributed by atoms with E-state index in [1.165, 1.54) is 17.7 Å². The lowest BCUT2D eigenvalue weighted by Crippen LogP contribution is -2.23. The average molecular weight is 292 g/mol. The predicted molar refractivity (Wildman–Crippen MR) is 85.1 cm³/mol. The van der Waals surface area contributed by atoms with Crippen molar-refractivity contribution in [3.63, 3.8) is 0 Å². The Balaban J connectivity index is 2.01. The fourth-order valence-electron chi connectivity index (χ4n) is 4.26. The van der Waals surface area contributed by atoms with Gasteiger partial charge in [0.25, 0.3) is 0 Å². The van der Waals surface area contributed by atoms with Crippen LogP contribution >= 0.6 is 0 Å². The number of fused-ring (bicyclic) bond motifs is 2. The number of benzene rings is 2. The van der Waals surface area contributed by atoms with Crippen LogP contribution < -0.4 is 0 Å². The number of carbonyl (C=O) groups excluding carboxylic acids is 1. The monoisotopic (exact) mass is 292 g/mol. The van der Waals surface area contributed by atoms with Gasteiger partial charge in [-0.15, -0.1) is 0 Å². The normalized spacial score (nSPS) is 18.8. The van der Waals surface area contributed by atoms with Crippen molar-refractivity contribution in [1.29, 1.82) is 0 Å². The summed E-state index contributed by atoms with van der Waals surface area (Å²) in [5, 5.41) is 0. The Morgan fingerprint density at radius 2 is 1.64 bits per heavy atom. The van der Waals surface area contributed by atoms with Crippen molar-refractivity contribution in [3.8, 4) is 0 Å². The molecule has 0 radical (unpaired) electrons. The Kier molecular flexibility index (Phi) is 3.00. The van der Waals surface area contributed by atoms with E-state index in [0.29, 0.717) is 0 Å². The zero-order valence-electron chi connectivity index (χ0n) is 12.3. The highest BCUT2D eigenvalue weighted by molar-refractivity contribution is 6.02. The van der Waals surface area contributed by atoms with Gasteiger partial charge in [0.15, 0.2) is 0 Å². The van der Waals surface area contributed by atoms with E-state index in [1.807, 2.05) is 6.07 Å². The minimum absolute atomic E-state index is 0.123. The number of halogens is 1. The molecule has 22 heavy (non-hydrogen) atoms. The summed E-state index contributed by atoms with van der Waals surface area (Å²) >= 11 is 0. The number of rotatable bonds is 2. The molecule has 1 spiro atoms. The number of hydrogen-bond acceptors (Lipinski definition) is 1. The van der Waals surface area contributed by atoms with E-state index in [1.54, 1.807) is 12.1 Å². The Morgan fingerprint density at radius 3 is 2.32 bits per heavy atom. The molecule has 0 unspecified atom stereocenters. The smallest absolute Gasteiger partial charge is 0.147 e. The van der Waals surface area contributed by atoms with Gasteiger partial charge >= 0.3 is 0 Å². The summed E-state index contributed by atoms with van der Waals surface area (Å²) in [6, 6.07) is 14.8. The van der Waals surface area contributed by atoms with E-state index >= 15 is 0 Å². The summed E-state index contributed by atoms with van der Waals surface area (Å²) in [5.74, 6) is -0.251. The Morgan fingerprint density at radius 1 is 0.955 bits per heavy atom. The van der Waals surface area contributed by atoms with Gasteiger partial charge in [-0.3, -0.25) is 4.79 Å². The number of carbonyl (C=O) groups is 1. The third kappa shape index (κ3) is 1.73. The molecular weight excluding hydrogens is 275 g/mol. The van der Waals surface area contributed by atoms with Crippen LogP contribution in [0.1, 0.15) is 42.4 Å². The lowest BCUT2D eigenvalue weighted by atomic mass is 9.76. The van der Waals surface area contributed by atoms with E-state index in [0.717, 1.165) is 54.2 Å². The van der Waals surface area contributed by atoms with E-state index in [4.69, 9.17) is 0 Å². The van der Waals surface area contributed by atoms with E-state index in [-0.39, 0.29) is 11.2 Å². The third-order valence-electron chi connectivity index (χ3n) is 5.20. The lowest BCUT2D eigenvalue weighted by molar-refractivity contribution is -0.105. The van der Waals surface area contributed by atoms with Gasteiger partial charge in [0.2, 0.25) is 0 Å². The standard InChI is InChI=1S/C20H17FO/c21-15-9-7-14(8-10-15)19-16-5-1-2-6-17(16)20(18(19)13-22)11-3-4-12-20/h1-2,5-10,13H,3-4,11-12H2. The molecule has 0 saturated heterocycles. The van der Waals surface area contributed by atoms with Crippen LogP contribution in [0.25, 0.3) is 5.57 Å². The fourth-order valence-corrected chi connectivity index (χ4v) is 4.26. The molecule has 2 aliphatic rings. The van der Waals surface area contributed by atoms with Crippen molar-refractivity contribution in [1.82, 2.24) is 0 Å². The van der Waals surface area contributed by atoms with Crippen LogP contribution in [0, 0.1) is 5.82 Å². The molecule has 1 fully saturated rings. The summed E-state index contributed by atoms with van der Waals surface area (Å²) in [6.45, 7) is 0. The van der Waals surface area contributed by atoms with E-state index in [9.17, 15) is 9.18 Å². The van der Waals surface area contributed by atoms with Gasteiger partial charge in [0, 0.05) is 11.0 Å². The zero-order valence-corrected chi connectivity index (χ0v) is 12.3. The Hall–Kier alpha value is -2.22. The van der Waals surface area contributed by atoms with Crippen molar-refractivity contribution >= 4 is 11.9 Å². The summed E-state index contributed by atoms with van der Waals surface area (Å²) < 4.78 is 13.3. The molecule has 1 saturated carbocycles. The molecule has 1 nitrogen and oxygen atoms in total. The molecule has 2 aromatic rings. The predicted octanol–water partition coefficient (Wildman–Crippen LogP) is 4.65. The van der Waals surface area contributed by atoms with Gasteiger partial charge in [-0.1, -0.05) is 49.2 Å². The van der Waals surface area contributed by atoms with Gasteiger partial charge < -0.3 is 0 Å². The van der Waals surface area contributed by atoms with Gasteiger partial charge in [-0.25, -0.2) is 4.39 Å². The molecule has 0 atom stereocenters. The summed E-state index contributed by atoms with van der Waals surface area (Å²) in [5.41, 5.74) is 5.10. The molecule has 4 rings (SSSR count). The highest BCUT2D eigenvalue weighted by Gasteiger charge is 2.46. The molecule has 0 aliphatic heterocycles. The van der Waals surface area contributed by atoms with E-state index < -0.39 is 0 Å². The maximum Gasteiger partial charge on any atom is 0.147 e. The van der Waals surface area contributed by atoms with Crippen LogP contribution in [0.2, 0.25) is 0 Å². The number of aldehydes is 1. The third-order valence-corrected chi connectivity index (χ3v) is 5.20. The van der Waals surface area contributed by atoms with Gasteiger partial charge in [-0.2, -0.15) is 0 Å². The SMILES string of the molecule is O=CC1=C(c2ccc(F)cc2)c2ccccc2C12CCCC2. The van der Waals surface area contributed by atoms with Crippen molar-refractivity contribution < 1.29 is 9.18 Å². The Labute approximate surface area is 129 Å². The second-order valence-corrected chi connectivity index (χ2v) is 6.25. The first-order valence-electron chi connectivity index (χ1n) is 7.82. The molecule has 0 amide bonds. The molecule has 2 heteroatoms. The van der Waals surface area contributed by atoms with Crippen molar-refractivity contribution in [2.24, 2.45) is 0 Å². The lowest BCUT2D eigenvalue weighted by Gasteiger charge is -2.26. The average Bonchev–Trinajstić information content (AvgIpc) is 3.14. The molecule has 0 bridgehead atoms. The van der Waals surface area contributed by atoms with Crippen LogP contribution in [-0.4, -0.2) is 6.29 Å². The summed E-state index contributed by atoms with van der Waals surface area (Å²) in [4.78, 5) is 12.0. The minimum atomic E-state index is -0.251. The van der Waals surface area contributed by atoms with Crippen molar-refractivity contribution in [3.05, 3.63) is 76.6 Å². The van der Waals surface area contributed by atoms with Crippen LogP contribution in [-0.2, 0) is 10.2 Å². The number of allylic oxidation sites excluding steroid dienone is 1. The molecule has 2 aliphatic carbocycles. The van der Waals surface area contributed by atoms with Crippen molar-refractivity contribution in [2.75, 3.05) is 0 Å². The topological polar surface area (TPSA) is 17.1 Å². The molecule has 0 aromatic heterocycles. The van der Waals surface area contributed by atoms with Gasteiger partial charge in [0.05, 0.1) is 0 Å².